The number of hydrogen-bond acceptors (Lipinski definition) is 3. The third kappa shape index (κ3) is 4.87. The van der Waals surface area contributed by atoms with E-state index in [2.05, 4.69) is 15.2 Å². The molecule has 1 heterocycles. The van der Waals surface area contributed by atoms with Crippen molar-refractivity contribution in [3.8, 4) is 5.75 Å². The van der Waals surface area contributed by atoms with Crippen LogP contribution in [0.15, 0.2) is 42.7 Å². The number of benzene rings is 1. The van der Waals surface area contributed by atoms with Crippen LogP contribution in [0.4, 0.5) is 8.78 Å². The van der Waals surface area contributed by atoms with Crippen molar-refractivity contribution in [2.24, 2.45) is 0 Å². The van der Waals surface area contributed by atoms with Gasteiger partial charge < -0.3 is 10.1 Å². The van der Waals surface area contributed by atoms with Gasteiger partial charge in [-0.15, -0.1) is 0 Å². The van der Waals surface area contributed by atoms with Gasteiger partial charge in [-0.25, -0.2) is 0 Å². The SMILES string of the molecule is O=C(NCCCn1cccn1)c1ccc(OC(F)F)cc1. The third-order valence-corrected chi connectivity index (χ3v) is 2.75. The van der Waals surface area contributed by atoms with Crippen molar-refractivity contribution in [2.45, 2.75) is 19.6 Å². The van der Waals surface area contributed by atoms with Crippen molar-refractivity contribution < 1.29 is 18.3 Å². The van der Waals surface area contributed by atoms with Crippen LogP contribution in [0.25, 0.3) is 0 Å². The van der Waals surface area contributed by atoms with Crippen molar-refractivity contribution >= 4 is 5.91 Å². The molecule has 0 bridgehead atoms. The van der Waals surface area contributed by atoms with Gasteiger partial charge in [0.15, 0.2) is 0 Å². The van der Waals surface area contributed by atoms with Gasteiger partial charge in [-0.05, 0) is 36.8 Å². The first-order valence-corrected chi connectivity index (χ1v) is 6.45. The minimum atomic E-state index is -2.87. The number of aromatic nitrogens is 2. The van der Waals surface area contributed by atoms with E-state index in [0.29, 0.717) is 18.7 Å². The fraction of sp³-hybridized carbons (Fsp3) is 0.286. The van der Waals surface area contributed by atoms with E-state index in [1.165, 1.54) is 24.3 Å². The molecule has 5 nitrogen and oxygen atoms in total. The monoisotopic (exact) mass is 295 g/mol. The Hall–Kier alpha value is -2.44. The van der Waals surface area contributed by atoms with Crippen LogP contribution in [0, 0.1) is 0 Å². The summed E-state index contributed by atoms with van der Waals surface area (Å²) in [4.78, 5) is 11.8. The average Bonchev–Trinajstić information content (AvgIpc) is 2.97. The summed E-state index contributed by atoms with van der Waals surface area (Å²) < 4.78 is 30.0. The maximum absolute atomic E-state index is 12.0. The molecule has 0 saturated carbocycles. The molecule has 1 N–H and O–H groups in total. The highest BCUT2D eigenvalue weighted by Gasteiger charge is 2.07. The molecule has 2 aromatic rings. The molecule has 0 unspecified atom stereocenters. The quantitative estimate of drug-likeness (QED) is 0.797. The Labute approximate surface area is 120 Å². The lowest BCUT2D eigenvalue weighted by Gasteiger charge is -2.07. The number of ether oxygens (including phenoxy) is 1. The maximum Gasteiger partial charge on any atom is 0.387 e. The summed E-state index contributed by atoms with van der Waals surface area (Å²) in [5.74, 6) is -0.223. The molecule has 0 radical (unpaired) electrons. The van der Waals surface area contributed by atoms with Gasteiger partial charge in [0.05, 0.1) is 0 Å². The maximum atomic E-state index is 12.0. The summed E-state index contributed by atoms with van der Waals surface area (Å²) in [6, 6.07) is 7.40. The lowest BCUT2D eigenvalue weighted by molar-refractivity contribution is -0.0498. The molecule has 0 saturated heterocycles. The molecule has 21 heavy (non-hydrogen) atoms. The summed E-state index contributed by atoms with van der Waals surface area (Å²) in [5, 5.41) is 6.81. The Kier molecular flexibility index (Phi) is 5.25. The smallest absolute Gasteiger partial charge is 0.387 e. The van der Waals surface area contributed by atoms with Crippen LogP contribution in [0.3, 0.4) is 0 Å². The Morgan fingerprint density at radius 1 is 1.33 bits per heavy atom. The van der Waals surface area contributed by atoms with Crippen LogP contribution in [0.2, 0.25) is 0 Å². The number of amides is 1. The zero-order chi connectivity index (χ0) is 15.1. The van der Waals surface area contributed by atoms with Crippen molar-refractivity contribution in [1.29, 1.82) is 0 Å². The molecule has 7 heteroatoms. The molecule has 0 aliphatic carbocycles. The van der Waals surface area contributed by atoms with Gasteiger partial charge in [0.25, 0.3) is 5.91 Å². The summed E-state index contributed by atoms with van der Waals surface area (Å²) >= 11 is 0. The van der Waals surface area contributed by atoms with E-state index in [1.807, 2.05) is 12.3 Å². The fourth-order valence-corrected chi connectivity index (χ4v) is 1.77. The van der Waals surface area contributed by atoms with Crippen LogP contribution < -0.4 is 10.1 Å². The van der Waals surface area contributed by atoms with E-state index in [1.54, 1.807) is 10.9 Å². The first-order valence-electron chi connectivity index (χ1n) is 6.45. The summed E-state index contributed by atoms with van der Waals surface area (Å²) in [6.45, 7) is -1.64. The number of halogens is 2. The molecule has 1 aromatic heterocycles. The number of hydrogen-bond donors (Lipinski definition) is 1. The molecule has 1 amide bonds. The predicted molar refractivity (Wildman–Crippen MR) is 72.3 cm³/mol. The number of rotatable bonds is 7. The van der Waals surface area contributed by atoms with Gasteiger partial charge in [-0.3, -0.25) is 9.48 Å². The van der Waals surface area contributed by atoms with Gasteiger partial charge in [0, 0.05) is 31.0 Å². The van der Waals surface area contributed by atoms with Gasteiger partial charge >= 0.3 is 6.61 Å². The standard InChI is InChI=1S/C14H15F2N3O2/c15-14(16)21-12-5-3-11(4-6-12)13(20)17-7-1-9-19-10-2-8-18-19/h2-6,8,10,14H,1,7,9H2,(H,17,20). The number of aryl methyl sites for hydroxylation is 1. The summed E-state index contributed by atoms with van der Waals surface area (Å²) in [6.07, 6.45) is 4.30. The Morgan fingerprint density at radius 2 is 2.10 bits per heavy atom. The number of nitrogens with one attached hydrogen (secondary N) is 1. The van der Waals surface area contributed by atoms with Crippen molar-refractivity contribution in [2.75, 3.05) is 6.54 Å². The molecular weight excluding hydrogens is 280 g/mol. The van der Waals surface area contributed by atoms with Crippen LogP contribution in [-0.2, 0) is 6.54 Å². The summed E-state index contributed by atoms with van der Waals surface area (Å²) in [5.41, 5.74) is 0.399. The van der Waals surface area contributed by atoms with E-state index in [4.69, 9.17) is 0 Å². The number of nitrogens with zero attached hydrogens (tertiary/aromatic N) is 2. The average molecular weight is 295 g/mol. The van der Waals surface area contributed by atoms with Gasteiger partial charge in [0.2, 0.25) is 0 Å². The molecule has 0 aliphatic rings. The normalized spacial score (nSPS) is 10.6. The largest absolute Gasteiger partial charge is 0.435 e. The van der Waals surface area contributed by atoms with E-state index in [9.17, 15) is 13.6 Å². The van der Waals surface area contributed by atoms with Gasteiger partial charge in [-0.2, -0.15) is 13.9 Å². The van der Waals surface area contributed by atoms with Crippen molar-refractivity contribution in [1.82, 2.24) is 15.1 Å². The van der Waals surface area contributed by atoms with E-state index in [-0.39, 0.29) is 11.7 Å². The molecule has 0 spiro atoms. The minimum absolute atomic E-state index is 0.0280. The van der Waals surface area contributed by atoms with Crippen molar-refractivity contribution in [3.63, 3.8) is 0 Å². The zero-order valence-corrected chi connectivity index (χ0v) is 11.2. The first-order chi connectivity index (χ1) is 10.1. The molecule has 2 rings (SSSR count). The van der Waals surface area contributed by atoms with Crippen LogP contribution >= 0.6 is 0 Å². The lowest BCUT2D eigenvalue weighted by atomic mass is 10.2. The molecule has 0 atom stereocenters. The minimum Gasteiger partial charge on any atom is -0.435 e. The highest BCUT2D eigenvalue weighted by Crippen LogP contribution is 2.14. The highest BCUT2D eigenvalue weighted by molar-refractivity contribution is 5.94. The molecule has 0 aliphatic heterocycles. The van der Waals surface area contributed by atoms with Gasteiger partial charge in [-0.1, -0.05) is 0 Å². The molecular formula is C14H15F2N3O2. The second kappa shape index (κ2) is 7.37. The number of carbonyl (C=O) groups is 1. The van der Waals surface area contributed by atoms with Crippen LogP contribution in [-0.4, -0.2) is 28.8 Å². The van der Waals surface area contributed by atoms with E-state index < -0.39 is 6.61 Å². The fourth-order valence-electron chi connectivity index (χ4n) is 1.77. The first kappa shape index (κ1) is 15.0. The zero-order valence-electron chi connectivity index (χ0n) is 11.2. The number of alkyl halides is 2. The third-order valence-electron chi connectivity index (χ3n) is 2.75. The number of carbonyl (C=O) groups excluding carboxylic acids is 1. The molecule has 1 aromatic carbocycles. The summed E-state index contributed by atoms with van der Waals surface area (Å²) in [7, 11) is 0. The molecule has 112 valence electrons. The Bertz CT molecular complexity index is 556. The lowest BCUT2D eigenvalue weighted by Crippen LogP contribution is -2.25. The van der Waals surface area contributed by atoms with E-state index in [0.717, 1.165) is 6.42 Å². The van der Waals surface area contributed by atoms with E-state index >= 15 is 0 Å². The second-order valence-corrected chi connectivity index (χ2v) is 4.28. The predicted octanol–water partition coefficient (Wildman–Crippen LogP) is 2.30. The van der Waals surface area contributed by atoms with Crippen LogP contribution in [0.5, 0.6) is 5.75 Å². The van der Waals surface area contributed by atoms with Crippen LogP contribution in [0.1, 0.15) is 16.8 Å². The Morgan fingerprint density at radius 3 is 2.71 bits per heavy atom. The molecule has 0 fully saturated rings. The second-order valence-electron chi connectivity index (χ2n) is 4.28. The topological polar surface area (TPSA) is 56.2 Å². The Balaban J connectivity index is 1.75. The highest BCUT2D eigenvalue weighted by atomic mass is 19.3. The van der Waals surface area contributed by atoms with Crippen molar-refractivity contribution in [3.05, 3.63) is 48.3 Å². The van der Waals surface area contributed by atoms with Gasteiger partial charge in [0.1, 0.15) is 5.75 Å².